The van der Waals surface area contributed by atoms with Gasteiger partial charge in [0.05, 0.1) is 0 Å². The maximum atomic E-state index is 13.1. The van der Waals surface area contributed by atoms with Gasteiger partial charge in [-0.25, -0.2) is 4.39 Å². The highest BCUT2D eigenvalue weighted by Crippen LogP contribution is 2.26. The van der Waals surface area contributed by atoms with Gasteiger partial charge in [0.1, 0.15) is 5.82 Å². The van der Waals surface area contributed by atoms with Crippen LogP contribution in [0.1, 0.15) is 17.2 Å². The molecule has 0 bridgehead atoms. The fourth-order valence-corrected chi connectivity index (χ4v) is 2.88. The van der Waals surface area contributed by atoms with E-state index in [1.807, 2.05) is 18.2 Å². The summed E-state index contributed by atoms with van der Waals surface area (Å²) in [6, 6.07) is 12.5. The second-order valence-electron chi connectivity index (χ2n) is 4.11. The molecule has 0 saturated heterocycles. The molecule has 94 valence electrons. The maximum absolute atomic E-state index is 13.1. The fraction of sp³-hybridized carbons (Fsp3) is 0.143. The number of nitrogens with two attached hydrogens (primary N) is 1. The highest BCUT2D eigenvalue weighted by Gasteiger charge is 2.11. The predicted molar refractivity (Wildman–Crippen MR) is 83.9 cm³/mol. The van der Waals surface area contributed by atoms with Crippen molar-refractivity contribution >= 4 is 38.5 Å². The molecule has 2 aromatic rings. The average molecular weight is 420 g/mol. The quantitative estimate of drug-likeness (QED) is 0.731. The summed E-state index contributed by atoms with van der Waals surface area (Å²) in [4.78, 5) is 0. The Kier molecular flexibility index (Phi) is 4.75. The molecule has 0 aliphatic carbocycles. The molecular weight excluding hydrogens is 408 g/mol. The first-order valence-corrected chi connectivity index (χ1v) is 7.38. The lowest BCUT2D eigenvalue weighted by atomic mass is 10.00. The van der Waals surface area contributed by atoms with E-state index in [4.69, 9.17) is 5.73 Å². The fourth-order valence-electron chi connectivity index (χ4n) is 1.83. The van der Waals surface area contributed by atoms with E-state index >= 15 is 0 Å². The van der Waals surface area contributed by atoms with Gasteiger partial charge in [-0.15, -0.1) is 0 Å². The highest BCUT2D eigenvalue weighted by atomic mass is 127. The molecule has 0 fully saturated rings. The zero-order valence-corrected chi connectivity index (χ0v) is 13.3. The minimum atomic E-state index is -0.221. The summed E-state index contributed by atoms with van der Waals surface area (Å²) in [7, 11) is 0. The number of hydrogen-bond acceptors (Lipinski definition) is 1. The third-order valence-electron chi connectivity index (χ3n) is 2.70. The molecule has 0 heterocycles. The molecule has 0 aliphatic rings. The first kappa shape index (κ1) is 14.0. The second kappa shape index (κ2) is 6.12. The van der Waals surface area contributed by atoms with Gasteiger partial charge in [0.2, 0.25) is 0 Å². The van der Waals surface area contributed by atoms with Crippen LogP contribution >= 0.6 is 38.5 Å². The van der Waals surface area contributed by atoms with Crippen molar-refractivity contribution in [3.8, 4) is 0 Å². The molecular formula is C14H12BrFIN. The minimum absolute atomic E-state index is 0.143. The summed E-state index contributed by atoms with van der Waals surface area (Å²) in [5.41, 5.74) is 8.15. The predicted octanol–water partition coefficient (Wildman–Crippen LogP) is 4.44. The van der Waals surface area contributed by atoms with Crippen LogP contribution in [-0.2, 0) is 6.42 Å². The van der Waals surface area contributed by atoms with Crippen molar-refractivity contribution in [2.24, 2.45) is 5.73 Å². The van der Waals surface area contributed by atoms with E-state index in [2.05, 4.69) is 44.6 Å². The van der Waals surface area contributed by atoms with Gasteiger partial charge in [0.15, 0.2) is 0 Å². The molecule has 0 aromatic heterocycles. The van der Waals surface area contributed by atoms with Crippen molar-refractivity contribution in [1.29, 1.82) is 0 Å². The van der Waals surface area contributed by atoms with Crippen molar-refractivity contribution in [2.75, 3.05) is 0 Å². The van der Waals surface area contributed by atoms with E-state index < -0.39 is 0 Å². The third-order valence-corrected chi connectivity index (χ3v) is 4.10. The van der Waals surface area contributed by atoms with Gasteiger partial charge in [-0.3, -0.25) is 0 Å². The van der Waals surface area contributed by atoms with Gasteiger partial charge in [-0.2, -0.15) is 0 Å². The van der Waals surface area contributed by atoms with Gasteiger partial charge in [0.25, 0.3) is 0 Å². The molecule has 0 radical (unpaired) electrons. The Balaban J connectivity index is 2.21. The second-order valence-corrected chi connectivity index (χ2v) is 6.21. The van der Waals surface area contributed by atoms with Crippen LogP contribution in [0.5, 0.6) is 0 Å². The van der Waals surface area contributed by atoms with E-state index in [-0.39, 0.29) is 11.9 Å². The van der Waals surface area contributed by atoms with Crippen molar-refractivity contribution in [3.05, 3.63) is 67.5 Å². The van der Waals surface area contributed by atoms with Crippen LogP contribution in [0.2, 0.25) is 0 Å². The monoisotopic (exact) mass is 419 g/mol. The minimum Gasteiger partial charge on any atom is -0.324 e. The first-order valence-electron chi connectivity index (χ1n) is 5.51. The summed E-state index contributed by atoms with van der Waals surface area (Å²) < 4.78 is 15.2. The lowest BCUT2D eigenvalue weighted by Gasteiger charge is -2.14. The Bertz CT molecular complexity index is 559. The SMILES string of the molecule is NC(Cc1cccc(F)c1)c1cc(I)ccc1Br. The molecule has 1 atom stereocenters. The number of rotatable bonds is 3. The summed E-state index contributed by atoms with van der Waals surface area (Å²) in [6.07, 6.45) is 0.621. The number of halogens is 3. The molecule has 1 nitrogen and oxygen atoms in total. The van der Waals surface area contributed by atoms with Crippen molar-refractivity contribution < 1.29 is 4.39 Å². The van der Waals surface area contributed by atoms with Gasteiger partial charge in [-0.1, -0.05) is 28.1 Å². The molecule has 2 aromatic carbocycles. The van der Waals surface area contributed by atoms with Crippen LogP contribution in [0.15, 0.2) is 46.9 Å². The standard InChI is InChI=1S/C14H12BrFIN/c15-13-5-4-11(17)8-12(13)14(18)7-9-2-1-3-10(16)6-9/h1-6,8,14H,7,18H2. The Hall–Kier alpha value is -0.460. The molecule has 0 aliphatic heterocycles. The molecule has 0 saturated carbocycles. The molecule has 1 unspecified atom stereocenters. The van der Waals surface area contributed by atoms with E-state index in [0.29, 0.717) is 6.42 Å². The van der Waals surface area contributed by atoms with E-state index in [9.17, 15) is 4.39 Å². The normalized spacial score (nSPS) is 12.4. The molecule has 2 rings (SSSR count). The summed E-state index contributed by atoms with van der Waals surface area (Å²) in [5, 5.41) is 0. The van der Waals surface area contributed by atoms with Crippen LogP contribution in [-0.4, -0.2) is 0 Å². The lowest BCUT2D eigenvalue weighted by molar-refractivity contribution is 0.622. The third kappa shape index (κ3) is 3.52. The van der Waals surface area contributed by atoms with Gasteiger partial charge in [-0.05, 0) is 70.5 Å². The molecule has 4 heteroatoms. The van der Waals surface area contributed by atoms with Crippen molar-refractivity contribution in [3.63, 3.8) is 0 Å². The highest BCUT2D eigenvalue weighted by molar-refractivity contribution is 14.1. The summed E-state index contributed by atoms with van der Waals surface area (Å²) in [5.74, 6) is -0.221. The first-order chi connectivity index (χ1) is 8.56. The lowest BCUT2D eigenvalue weighted by Crippen LogP contribution is -2.14. The van der Waals surface area contributed by atoms with Crippen LogP contribution in [0.3, 0.4) is 0 Å². The Morgan fingerprint density at radius 1 is 1.22 bits per heavy atom. The smallest absolute Gasteiger partial charge is 0.123 e. The van der Waals surface area contributed by atoms with Gasteiger partial charge in [0, 0.05) is 14.1 Å². The zero-order chi connectivity index (χ0) is 13.1. The topological polar surface area (TPSA) is 26.0 Å². The zero-order valence-electron chi connectivity index (χ0n) is 9.54. The summed E-state index contributed by atoms with van der Waals surface area (Å²) >= 11 is 5.76. The van der Waals surface area contributed by atoms with Crippen LogP contribution in [0.25, 0.3) is 0 Å². The molecule has 0 amide bonds. The molecule has 18 heavy (non-hydrogen) atoms. The summed E-state index contributed by atoms with van der Waals surface area (Å²) in [6.45, 7) is 0. The van der Waals surface area contributed by atoms with E-state index in [0.717, 1.165) is 19.2 Å². The average Bonchev–Trinajstić information content (AvgIpc) is 2.32. The van der Waals surface area contributed by atoms with Gasteiger partial charge < -0.3 is 5.73 Å². The van der Waals surface area contributed by atoms with Crippen LogP contribution < -0.4 is 5.73 Å². The largest absolute Gasteiger partial charge is 0.324 e. The Labute approximate surface area is 128 Å². The molecule has 0 spiro atoms. The van der Waals surface area contributed by atoms with Crippen LogP contribution in [0, 0.1) is 9.39 Å². The van der Waals surface area contributed by atoms with E-state index in [1.54, 1.807) is 6.07 Å². The number of benzene rings is 2. The van der Waals surface area contributed by atoms with Gasteiger partial charge >= 0.3 is 0 Å². The van der Waals surface area contributed by atoms with Crippen molar-refractivity contribution in [1.82, 2.24) is 0 Å². The Morgan fingerprint density at radius 3 is 2.72 bits per heavy atom. The van der Waals surface area contributed by atoms with Crippen LogP contribution in [0.4, 0.5) is 4.39 Å². The number of hydrogen-bond donors (Lipinski definition) is 1. The van der Waals surface area contributed by atoms with Crippen molar-refractivity contribution in [2.45, 2.75) is 12.5 Å². The molecule has 2 N–H and O–H groups in total. The van der Waals surface area contributed by atoms with E-state index in [1.165, 1.54) is 12.1 Å². The maximum Gasteiger partial charge on any atom is 0.123 e. The Morgan fingerprint density at radius 2 is 2.00 bits per heavy atom.